The number of imide groups is 1. The Hall–Kier alpha value is -3.46. The van der Waals surface area contributed by atoms with Crippen LogP contribution >= 0.6 is 11.8 Å². The molecule has 1 N–H and O–H groups in total. The highest BCUT2D eigenvalue weighted by molar-refractivity contribution is 8.18. The lowest BCUT2D eigenvalue weighted by Crippen LogP contribution is -2.37. The molecule has 2 aromatic carbocycles. The van der Waals surface area contributed by atoms with Crippen LogP contribution in [-0.2, 0) is 9.59 Å². The van der Waals surface area contributed by atoms with Gasteiger partial charge in [-0.15, -0.1) is 0 Å². The first-order chi connectivity index (χ1) is 16.5. The Morgan fingerprint density at radius 2 is 1.76 bits per heavy atom. The molecule has 0 aromatic heterocycles. The van der Waals surface area contributed by atoms with E-state index >= 15 is 0 Å². The average molecular weight is 485 g/mol. The maximum atomic E-state index is 12.6. The second-order valence-corrected chi connectivity index (χ2v) is 8.28. The molecule has 0 spiro atoms. The van der Waals surface area contributed by atoms with Crippen LogP contribution in [0.2, 0.25) is 0 Å². The van der Waals surface area contributed by atoms with Crippen molar-refractivity contribution in [1.29, 1.82) is 0 Å². The van der Waals surface area contributed by atoms with Crippen LogP contribution in [0, 0.1) is 0 Å². The number of carbonyl (C=O) groups is 3. The number of benzene rings is 2. The van der Waals surface area contributed by atoms with Crippen LogP contribution in [0.3, 0.4) is 0 Å². The van der Waals surface area contributed by atoms with Gasteiger partial charge < -0.3 is 19.5 Å². The lowest BCUT2D eigenvalue weighted by Gasteiger charge is -2.13. The Labute approximate surface area is 203 Å². The zero-order valence-corrected chi connectivity index (χ0v) is 20.1. The normalized spacial score (nSPS) is 14.4. The van der Waals surface area contributed by atoms with E-state index in [0.717, 1.165) is 22.2 Å². The lowest BCUT2D eigenvalue weighted by atomic mass is 10.2. The fourth-order valence-electron chi connectivity index (χ4n) is 3.20. The summed E-state index contributed by atoms with van der Waals surface area (Å²) in [6, 6.07) is 14.6. The van der Waals surface area contributed by atoms with E-state index in [9.17, 15) is 14.4 Å². The van der Waals surface area contributed by atoms with Crippen molar-refractivity contribution in [1.82, 2.24) is 10.2 Å². The Morgan fingerprint density at radius 1 is 1.06 bits per heavy atom. The van der Waals surface area contributed by atoms with Crippen LogP contribution < -0.4 is 19.5 Å². The van der Waals surface area contributed by atoms with Gasteiger partial charge in [0, 0.05) is 19.5 Å². The number of thioether (sulfide) groups is 1. The highest BCUT2D eigenvalue weighted by Gasteiger charge is 2.34. The molecule has 1 saturated heterocycles. The van der Waals surface area contributed by atoms with Crippen molar-refractivity contribution < 1.29 is 28.6 Å². The highest BCUT2D eigenvalue weighted by atomic mass is 32.2. The van der Waals surface area contributed by atoms with Gasteiger partial charge in [0.05, 0.1) is 25.2 Å². The van der Waals surface area contributed by atoms with E-state index in [1.165, 1.54) is 0 Å². The number of amides is 3. The third kappa shape index (κ3) is 7.02. The van der Waals surface area contributed by atoms with Crippen molar-refractivity contribution in [3.05, 3.63) is 59.0 Å². The minimum absolute atomic E-state index is 0.120. The SMILES string of the molecule is CCOc1ccccc1OCCCC(=O)NCCN1C(=O)SC(=Cc2ccc(OC)cc2)C1=O. The van der Waals surface area contributed by atoms with Crippen LogP contribution in [0.5, 0.6) is 17.2 Å². The van der Waals surface area contributed by atoms with Crippen molar-refractivity contribution >= 4 is 34.9 Å². The summed E-state index contributed by atoms with van der Waals surface area (Å²) in [6.45, 7) is 3.13. The molecular weight excluding hydrogens is 456 g/mol. The van der Waals surface area contributed by atoms with E-state index in [2.05, 4.69) is 5.32 Å². The summed E-state index contributed by atoms with van der Waals surface area (Å²) in [5.74, 6) is 1.51. The largest absolute Gasteiger partial charge is 0.497 e. The first-order valence-corrected chi connectivity index (χ1v) is 11.8. The van der Waals surface area contributed by atoms with Gasteiger partial charge >= 0.3 is 0 Å². The van der Waals surface area contributed by atoms with Crippen LogP contribution in [0.25, 0.3) is 6.08 Å². The van der Waals surface area contributed by atoms with Gasteiger partial charge in [-0.1, -0.05) is 24.3 Å². The monoisotopic (exact) mass is 484 g/mol. The predicted octanol–water partition coefficient (Wildman–Crippen LogP) is 4.11. The third-order valence-electron chi connectivity index (χ3n) is 4.90. The number of nitrogens with one attached hydrogen (secondary N) is 1. The Morgan fingerprint density at radius 3 is 2.44 bits per heavy atom. The zero-order chi connectivity index (χ0) is 24.3. The highest BCUT2D eigenvalue weighted by Crippen LogP contribution is 2.32. The van der Waals surface area contributed by atoms with Crippen molar-refractivity contribution in [3.8, 4) is 17.2 Å². The summed E-state index contributed by atoms with van der Waals surface area (Å²) in [5.41, 5.74) is 0.797. The zero-order valence-electron chi connectivity index (χ0n) is 19.2. The molecule has 3 rings (SSSR count). The average Bonchev–Trinajstić information content (AvgIpc) is 3.10. The van der Waals surface area contributed by atoms with Gasteiger partial charge in [0.1, 0.15) is 5.75 Å². The molecule has 1 aliphatic heterocycles. The number of para-hydroxylation sites is 2. The van der Waals surface area contributed by atoms with Gasteiger partial charge in [-0.25, -0.2) is 0 Å². The summed E-state index contributed by atoms with van der Waals surface area (Å²) in [6.07, 6.45) is 2.47. The standard InChI is InChI=1S/C25H28N2O6S/c1-3-32-20-7-4-5-8-21(20)33-16-6-9-23(28)26-14-15-27-24(29)22(34-25(27)30)17-18-10-12-19(31-2)13-11-18/h4-5,7-8,10-13,17H,3,6,9,14-16H2,1-2H3,(H,26,28). The molecule has 1 heterocycles. The summed E-state index contributed by atoms with van der Waals surface area (Å²) in [5, 5.41) is 2.40. The molecule has 0 aliphatic carbocycles. The second kappa shape index (κ2) is 12.7. The van der Waals surface area contributed by atoms with Crippen molar-refractivity contribution in [2.45, 2.75) is 19.8 Å². The Balaban J connectivity index is 1.39. The van der Waals surface area contributed by atoms with Gasteiger partial charge in [0.25, 0.3) is 11.1 Å². The molecule has 9 heteroatoms. The fraction of sp³-hybridized carbons (Fsp3) is 0.320. The summed E-state index contributed by atoms with van der Waals surface area (Å²) >= 11 is 0.893. The Bertz CT molecular complexity index is 1040. The van der Waals surface area contributed by atoms with Crippen molar-refractivity contribution in [3.63, 3.8) is 0 Å². The van der Waals surface area contributed by atoms with Crippen LogP contribution in [0.15, 0.2) is 53.4 Å². The topological polar surface area (TPSA) is 94.2 Å². The molecule has 0 atom stereocenters. The third-order valence-corrected chi connectivity index (χ3v) is 5.81. The lowest BCUT2D eigenvalue weighted by molar-refractivity contribution is -0.124. The number of ether oxygens (including phenoxy) is 3. The van der Waals surface area contributed by atoms with E-state index in [-0.39, 0.29) is 36.6 Å². The number of nitrogens with zero attached hydrogens (tertiary/aromatic N) is 1. The minimum atomic E-state index is -0.360. The van der Waals surface area contributed by atoms with Gasteiger partial charge in [-0.3, -0.25) is 19.3 Å². The first kappa shape index (κ1) is 25.2. The molecule has 2 aromatic rings. The van der Waals surface area contributed by atoms with Gasteiger partial charge in [-0.2, -0.15) is 0 Å². The molecule has 1 aliphatic rings. The summed E-state index contributed by atoms with van der Waals surface area (Å²) < 4.78 is 16.3. The fourth-order valence-corrected chi connectivity index (χ4v) is 4.06. The molecule has 3 amide bonds. The van der Waals surface area contributed by atoms with E-state index in [4.69, 9.17) is 14.2 Å². The molecule has 0 unspecified atom stereocenters. The van der Waals surface area contributed by atoms with E-state index < -0.39 is 0 Å². The smallest absolute Gasteiger partial charge is 0.293 e. The maximum absolute atomic E-state index is 12.6. The predicted molar refractivity (Wildman–Crippen MR) is 131 cm³/mol. The summed E-state index contributed by atoms with van der Waals surface area (Å²) in [4.78, 5) is 38.5. The molecule has 0 bridgehead atoms. The number of hydrogen-bond acceptors (Lipinski definition) is 7. The first-order valence-electron chi connectivity index (χ1n) is 11.0. The Kier molecular flexibility index (Phi) is 9.40. The summed E-state index contributed by atoms with van der Waals surface area (Å²) in [7, 11) is 1.58. The molecule has 180 valence electrons. The molecule has 0 saturated carbocycles. The van der Waals surface area contributed by atoms with E-state index in [1.807, 2.05) is 43.3 Å². The molecule has 34 heavy (non-hydrogen) atoms. The molecule has 0 radical (unpaired) electrons. The molecule has 8 nitrogen and oxygen atoms in total. The van der Waals surface area contributed by atoms with Crippen LogP contribution in [0.1, 0.15) is 25.3 Å². The quantitative estimate of drug-likeness (QED) is 0.358. The number of methoxy groups -OCH3 is 1. The molecule has 1 fully saturated rings. The van der Waals surface area contributed by atoms with E-state index in [0.29, 0.717) is 41.8 Å². The van der Waals surface area contributed by atoms with Gasteiger partial charge in [0.2, 0.25) is 5.91 Å². The van der Waals surface area contributed by atoms with Crippen LogP contribution in [0.4, 0.5) is 4.79 Å². The minimum Gasteiger partial charge on any atom is -0.497 e. The van der Waals surface area contributed by atoms with Crippen molar-refractivity contribution in [2.75, 3.05) is 33.4 Å². The van der Waals surface area contributed by atoms with Crippen molar-refractivity contribution in [2.24, 2.45) is 0 Å². The van der Waals surface area contributed by atoms with Crippen LogP contribution in [-0.4, -0.2) is 55.4 Å². The second-order valence-electron chi connectivity index (χ2n) is 7.29. The van der Waals surface area contributed by atoms with Gasteiger partial charge in [0.15, 0.2) is 11.5 Å². The number of carbonyl (C=O) groups excluding carboxylic acids is 3. The molecular formula is C25H28N2O6S. The van der Waals surface area contributed by atoms with Gasteiger partial charge in [-0.05, 0) is 61.0 Å². The van der Waals surface area contributed by atoms with E-state index in [1.54, 1.807) is 25.3 Å². The maximum Gasteiger partial charge on any atom is 0.293 e. The number of hydrogen-bond donors (Lipinski definition) is 1. The number of rotatable bonds is 12.